The summed E-state index contributed by atoms with van der Waals surface area (Å²) in [6.45, 7) is 5.35. The normalized spacial score (nSPS) is 30.5. The maximum atomic E-state index is 11.4. The number of nitrogens with two attached hydrogens (primary N) is 1. The molecule has 1 unspecified atom stereocenters. The van der Waals surface area contributed by atoms with Gasteiger partial charge in [0.2, 0.25) is 0 Å². The Labute approximate surface area is 88.8 Å². The van der Waals surface area contributed by atoms with Gasteiger partial charge in [-0.25, -0.2) is 0 Å². The fourth-order valence-corrected chi connectivity index (χ4v) is 2.12. The van der Waals surface area contributed by atoms with Crippen molar-refractivity contribution in [1.82, 2.24) is 0 Å². The third kappa shape index (κ3) is 1.52. The summed E-state index contributed by atoms with van der Waals surface area (Å²) in [6, 6.07) is -0.706. The summed E-state index contributed by atoms with van der Waals surface area (Å²) in [4.78, 5) is 22.7. The van der Waals surface area contributed by atoms with Gasteiger partial charge in [0, 0.05) is 6.42 Å². The van der Waals surface area contributed by atoms with Crippen molar-refractivity contribution in [2.24, 2.45) is 5.73 Å². The van der Waals surface area contributed by atoms with Crippen molar-refractivity contribution >= 4 is 12.0 Å². The van der Waals surface area contributed by atoms with Gasteiger partial charge in [-0.2, -0.15) is 9.28 Å². The van der Waals surface area contributed by atoms with E-state index in [2.05, 4.69) is 0 Å². The first kappa shape index (κ1) is 11.7. The summed E-state index contributed by atoms with van der Waals surface area (Å²) >= 11 is 0. The minimum Gasteiger partial charge on any atom is -0.435 e. The first-order chi connectivity index (χ1) is 6.73. The number of carboxylic acid groups (broad SMARTS) is 1. The first-order valence-electron chi connectivity index (χ1n) is 4.82. The Morgan fingerprint density at radius 2 is 2.00 bits per heavy atom. The molecule has 1 heterocycles. The second-order valence-electron chi connectivity index (χ2n) is 4.77. The van der Waals surface area contributed by atoms with Crippen LogP contribution in [-0.4, -0.2) is 33.2 Å². The van der Waals surface area contributed by atoms with E-state index in [1.807, 2.05) is 0 Å². The van der Waals surface area contributed by atoms with Crippen LogP contribution in [0, 0.1) is 0 Å². The largest absolute Gasteiger partial charge is 0.519 e. The molecular formula is C10H17N2O3+. The van der Waals surface area contributed by atoms with Gasteiger partial charge >= 0.3 is 6.09 Å². The third-order valence-electron chi connectivity index (χ3n) is 2.95. The molecule has 0 fully saturated rings. The molecule has 5 nitrogen and oxygen atoms in total. The van der Waals surface area contributed by atoms with Crippen LogP contribution in [0.2, 0.25) is 0 Å². The van der Waals surface area contributed by atoms with Crippen molar-refractivity contribution in [3.63, 3.8) is 0 Å². The predicted molar refractivity (Wildman–Crippen MR) is 54.8 cm³/mol. The lowest BCUT2D eigenvalue weighted by Crippen LogP contribution is -2.66. The quantitative estimate of drug-likeness (QED) is 0.639. The molecule has 0 bridgehead atoms. The summed E-state index contributed by atoms with van der Waals surface area (Å²) in [6.07, 6.45) is 2.60. The zero-order valence-electron chi connectivity index (χ0n) is 9.23. The zero-order valence-corrected chi connectivity index (χ0v) is 9.23. The molecule has 5 heteroatoms. The van der Waals surface area contributed by atoms with Crippen LogP contribution < -0.4 is 5.73 Å². The van der Waals surface area contributed by atoms with Gasteiger partial charge in [-0.1, -0.05) is 0 Å². The molecule has 1 aliphatic rings. The van der Waals surface area contributed by atoms with Gasteiger partial charge in [-0.15, -0.1) is 0 Å². The van der Waals surface area contributed by atoms with Crippen molar-refractivity contribution in [2.45, 2.75) is 38.8 Å². The SMILES string of the molecule is CC(C)(C)[N+]1(C(=O)O)C=CC[C@H]1C(N)=O. The van der Waals surface area contributed by atoms with E-state index in [0.717, 1.165) is 0 Å². The van der Waals surface area contributed by atoms with Crippen LogP contribution in [-0.2, 0) is 4.79 Å². The van der Waals surface area contributed by atoms with Crippen LogP contribution in [0.3, 0.4) is 0 Å². The fraction of sp³-hybridized carbons (Fsp3) is 0.600. The molecule has 84 valence electrons. The predicted octanol–water partition coefficient (Wildman–Crippen LogP) is 1.05. The van der Waals surface area contributed by atoms with Crippen LogP contribution in [0.25, 0.3) is 0 Å². The number of primary amides is 1. The molecule has 15 heavy (non-hydrogen) atoms. The fourth-order valence-electron chi connectivity index (χ4n) is 2.12. The highest BCUT2D eigenvalue weighted by Gasteiger charge is 2.56. The van der Waals surface area contributed by atoms with Crippen molar-refractivity contribution in [1.29, 1.82) is 0 Å². The molecule has 2 atom stereocenters. The number of nitrogens with zero attached hydrogens (tertiary/aromatic N) is 1. The van der Waals surface area contributed by atoms with Gasteiger partial charge in [-0.3, -0.25) is 4.79 Å². The number of quaternary nitrogens is 1. The second-order valence-corrected chi connectivity index (χ2v) is 4.77. The number of amides is 2. The monoisotopic (exact) mass is 213 g/mol. The van der Waals surface area contributed by atoms with E-state index in [0.29, 0.717) is 6.42 Å². The Morgan fingerprint density at radius 1 is 1.47 bits per heavy atom. The van der Waals surface area contributed by atoms with Crippen LogP contribution in [0.5, 0.6) is 0 Å². The Kier molecular flexibility index (Phi) is 2.61. The number of hydrogen-bond donors (Lipinski definition) is 2. The summed E-state index contributed by atoms with van der Waals surface area (Å²) in [5.74, 6) is -0.572. The van der Waals surface area contributed by atoms with Crippen molar-refractivity contribution in [3.8, 4) is 0 Å². The molecule has 3 N–H and O–H groups in total. The van der Waals surface area contributed by atoms with Gasteiger partial charge in [0.05, 0.1) is 0 Å². The van der Waals surface area contributed by atoms with E-state index in [4.69, 9.17) is 5.73 Å². The Morgan fingerprint density at radius 3 is 2.27 bits per heavy atom. The van der Waals surface area contributed by atoms with Crippen LogP contribution >= 0.6 is 0 Å². The van der Waals surface area contributed by atoms with Gasteiger partial charge < -0.3 is 10.8 Å². The molecule has 0 aromatic rings. The van der Waals surface area contributed by atoms with Crippen LogP contribution in [0.4, 0.5) is 4.79 Å². The molecule has 0 aromatic heterocycles. The first-order valence-corrected chi connectivity index (χ1v) is 4.82. The van der Waals surface area contributed by atoms with E-state index >= 15 is 0 Å². The summed E-state index contributed by atoms with van der Waals surface area (Å²) in [5, 5.41) is 9.33. The van der Waals surface area contributed by atoms with Gasteiger partial charge in [-0.05, 0) is 26.8 Å². The summed E-state index contributed by atoms with van der Waals surface area (Å²) < 4.78 is -0.414. The Balaban J connectivity index is 3.28. The van der Waals surface area contributed by atoms with Gasteiger partial charge in [0.1, 0.15) is 11.7 Å². The number of rotatable bonds is 1. The second kappa shape index (κ2) is 3.34. The van der Waals surface area contributed by atoms with Crippen LogP contribution in [0.1, 0.15) is 27.2 Å². The average Bonchev–Trinajstić information content (AvgIpc) is 2.45. The van der Waals surface area contributed by atoms with Crippen molar-refractivity contribution < 1.29 is 19.2 Å². The molecule has 0 saturated heterocycles. The Bertz CT molecular complexity index is 330. The molecule has 0 radical (unpaired) electrons. The molecular weight excluding hydrogens is 196 g/mol. The maximum absolute atomic E-state index is 11.4. The van der Waals surface area contributed by atoms with Crippen LogP contribution in [0.15, 0.2) is 12.3 Å². The highest BCUT2D eigenvalue weighted by molar-refractivity contribution is 5.81. The molecule has 0 aromatic carbocycles. The van der Waals surface area contributed by atoms with E-state index in [9.17, 15) is 14.7 Å². The Hall–Kier alpha value is -1.36. The van der Waals surface area contributed by atoms with Crippen molar-refractivity contribution in [3.05, 3.63) is 12.3 Å². The van der Waals surface area contributed by atoms with E-state index in [1.165, 1.54) is 0 Å². The topological polar surface area (TPSA) is 80.4 Å². The van der Waals surface area contributed by atoms with E-state index < -0.39 is 28.1 Å². The van der Waals surface area contributed by atoms with Gasteiger partial charge in [0.25, 0.3) is 5.91 Å². The lowest BCUT2D eigenvalue weighted by atomic mass is 9.99. The summed E-state index contributed by atoms with van der Waals surface area (Å²) in [7, 11) is 0. The molecule has 2 amide bonds. The number of hydrogen-bond acceptors (Lipinski definition) is 2. The lowest BCUT2D eigenvalue weighted by molar-refractivity contribution is -0.865. The number of carbonyl (C=O) groups excluding carboxylic acids is 1. The third-order valence-corrected chi connectivity index (χ3v) is 2.95. The minimum atomic E-state index is -1.04. The minimum absolute atomic E-state index is 0.388. The zero-order chi connectivity index (χ0) is 11.9. The molecule has 0 spiro atoms. The highest BCUT2D eigenvalue weighted by atomic mass is 16.4. The number of carbonyl (C=O) groups is 2. The summed E-state index contributed by atoms with van der Waals surface area (Å²) in [5.41, 5.74) is 4.65. The smallest absolute Gasteiger partial charge is 0.435 e. The highest BCUT2D eigenvalue weighted by Crippen LogP contribution is 2.35. The average molecular weight is 213 g/mol. The van der Waals surface area contributed by atoms with Crippen molar-refractivity contribution in [2.75, 3.05) is 0 Å². The standard InChI is InChI=1S/C10H16N2O3/c1-10(2,3)12(9(14)15)6-4-5-7(12)8(11)13/h4,6-7H,5H2,1-3H3,(H2-,11,13,14,15)/p+1/t7-,12?/m0/s1. The molecule has 1 aliphatic heterocycles. The van der Waals surface area contributed by atoms with Gasteiger partial charge in [0.15, 0.2) is 6.04 Å². The molecule has 0 saturated carbocycles. The molecule has 1 rings (SSSR count). The van der Waals surface area contributed by atoms with E-state index in [1.54, 1.807) is 33.0 Å². The molecule has 0 aliphatic carbocycles. The maximum Gasteiger partial charge on any atom is 0.519 e. The lowest BCUT2D eigenvalue weighted by Gasteiger charge is -2.41. The van der Waals surface area contributed by atoms with E-state index in [-0.39, 0.29) is 0 Å².